The number of nitrogens with zero attached hydrogens (tertiary/aromatic N) is 1. The highest BCUT2D eigenvalue weighted by molar-refractivity contribution is 5.87. The molecule has 2 aromatic rings. The summed E-state index contributed by atoms with van der Waals surface area (Å²) in [6.45, 7) is 4.99. The van der Waals surface area contributed by atoms with Gasteiger partial charge < -0.3 is 15.0 Å². The van der Waals surface area contributed by atoms with E-state index in [1.807, 2.05) is 61.5 Å². The van der Waals surface area contributed by atoms with Gasteiger partial charge in [0.2, 0.25) is 11.8 Å². The van der Waals surface area contributed by atoms with Gasteiger partial charge in [-0.05, 0) is 29.7 Å². The Balaban J connectivity index is 2.25. The van der Waals surface area contributed by atoms with Crippen molar-refractivity contribution in [2.75, 3.05) is 13.7 Å². The van der Waals surface area contributed by atoms with Crippen LogP contribution in [0.2, 0.25) is 0 Å². The number of hydrogen-bond acceptors (Lipinski definition) is 3. The number of unbranched alkanes of at least 4 members (excludes halogenated alkanes) is 2. The first-order chi connectivity index (χ1) is 14.6. The SMILES string of the molecule is CCCCCNC(=O)[C@@H](Cc1ccccc1)N(Cc1ccc(OC)cc1)C(=O)CC. The van der Waals surface area contributed by atoms with Crippen molar-refractivity contribution in [3.63, 3.8) is 0 Å². The fourth-order valence-corrected chi connectivity index (χ4v) is 3.39. The molecule has 0 aliphatic carbocycles. The number of rotatable bonds is 12. The molecule has 162 valence electrons. The maximum absolute atomic E-state index is 13.1. The van der Waals surface area contributed by atoms with E-state index in [1.54, 1.807) is 12.0 Å². The van der Waals surface area contributed by atoms with E-state index < -0.39 is 6.04 Å². The van der Waals surface area contributed by atoms with Gasteiger partial charge in [-0.2, -0.15) is 0 Å². The summed E-state index contributed by atoms with van der Waals surface area (Å²) >= 11 is 0. The highest BCUT2D eigenvalue weighted by Gasteiger charge is 2.29. The van der Waals surface area contributed by atoms with Gasteiger partial charge in [0.15, 0.2) is 0 Å². The average molecular weight is 411 g/mol. The van der Waals surface area contributed by atoms with E-state index in [2.05, 4.69) is 12.2 Å². The van der Waals surface area contributed by atoms with Gasteiger partial charge in [0.1, 0.15) is 11.8 Å². The van der Waals surface area contributed by atoms with Crippen LogP contribution in [0.1, 0.15) is 50.7 Å². The first kappa shape index (κ1) is 23.5. The summed E-state index contributed by atoms with van der Waals surface area (Å²) in [6.07, 6.45) is 3.96. The number of methoxy groups -OCH3 is 1. The average Bonchev–Trinajstić information content (AvgIpc) is 2.79. The predicted molar refractivity (Wildman–Crippen MR) is 120 cm³/mol. The number of hydrogen-bond donors (Lipinski definition) is 1. The third kappa shape index (κ3) is 7.21. The van der Waals surface area contributed by atoms with Crippen LogP contribution < -0.4 is 10.1 Å². The van der Waals surface area contributed by atoms with E-state index in [0.29, 0.717) is 25.9 Å². The third-order valence-corrected chi connectivity index (χ3v) is 5.17. The molecule has 0 radical (unpaired) electrons. The number of carbonyl (C=O) groups is 2. The van der Waals surface area contributed by atoms with Crippen molar-refractivity contribution in [1.29, 1.82) is 0 Å². The molecular formula is C25H34N2O3. The second-order valence-electron chi connectivity index (χ2n) is 7.43. The summed E-state index contributed by atoms with van der Waals surface area (Å²) in [7, 11) is 1.63. The van der Waals surface area contributed by atoms with Crippen LogP contribution in [-0.2, 0) is 22.6 Å². The maximum Gasteiger partial charge on any atom is 0.243 e. The summed E-state index contributed by atoms with van der Waals surface area (Å²) < 4.78 is 5.23. The van der Waals surface area contributed by atoms with Crippen LogP contribution in [-0.4, -0.2) is 36.4 Å². The van der Waals surface area contributed by atoms with Crippen molar-refractivity contribution < 1.29 is 14.3 Å². The molecule has 0 aromatic heterocycles. The Hall–Kier alpha value is -2.82. The largest absolute Gasteiger partial charge is 0.497 e. The summed E-state index contributed by atoms with van der Waals surface area (Å²) in [5.41, 5.74) is 2.00. The maximum atomic E-state index is 13.1. The summed E-state index contributed by atoms with van der Waals surface area (Å²) in [4.78, 5) is 27.7. The zero-order valence-electron chi connectivity index (χ0n) is 18.4. The number of amides is 2. The Labute approximate surface area is 180 Å². The fraction of sp³-hybridized carbons (Fsp3) is 0.440. The van der Waals surface area contributed by atoms with Crippen molar-refractivity contribution >= 4 is 11.8 Å². The third-order valence-electron chi connectivity index (χ3n) is 5.17. The summed E-state index contributed by atoms with van der Waals surface area (Å²) in [6, 6.07) is 16.9. The second-order valence-corrected chi connectivity index (χ2v) is 7.43. The first-order valence-corrected chi connectivity index (χ1v) is 10.8. The monoisotopic (exact) mass is 410 g/mol. The van der Waals surface area contributed by atoms with Crippen LogP contribution in [0.3, 0.4) is 0 Å². The Bertz CT molecular complexity index is 775. The highest BCUT2D eigenvalue weighted by atomic mass is 16.5. The molecule has 0 saturated carbocycles. The van der Waals surface area contributed by atoms with Gasteiger partial charge >= 0.3 is 0 Å². The highest BCUT2D eigenvalue weighted by Crippen LogP contribution is 2.18. The lowest BCUT2D eigenvalue weighted by Gasteiger charge is -2.31. The molecule has 0 unspecified atom stereocenters. The van der Waals surface area contributed by atoms with Gasteiger partial charge in [-0.1, -0.05) is 69.2 Å². The lowest BCUT2D eigenvalue weighted by atomic mass is 10.0. The van der Waals surface area contributed by atoms with Crippen LogP contribution in [0.15, 0.2) is 54.6 Å². The van der Waals surface area contributed by atoms with Crippen LogP contribution >= 0.6 is 0 Å². The Morgan fingerprint density at radius 1 is 0.967 bits per heavy atom. The van der Waals surface area contributed by atoms with E-state index >= 15 is 0 Å². The smallest absolute Gasteiger partial charge is 0.243 e. The minimum atomic E-state index is -0.552. The lowest BCUT2D eigenvalue weighted by Crippen LogP contribution is -2.50. The number of benzene rings is 2. The Morgan fingerprint density at radius 3 is 2.27 bits per heavy atom. The molecule has 5 heteroatoms. The van der Waals surface area contributed by atoms with Gasteiger partial charge in [-0.3, -0.25) is 9.59 Å². The van der Waals surface area contributed by atoms with Crippen molar-refractivity contribution in [2.24, 2.45) is 0 Å². The van der Waals surface area contributed by atoms with E-state index in [1.165, 1.54) is 0 Å². The molecule has 0 heterocycles. The number of carbonyl (C=O) groups excluding carboxylic acids is 2. The minimum absolute atomic E-state index is 0.0320. The van der Waals surface area contributed by atoms with Gasteiger partial charge in [-0.15, -0.1) is 0 Å². The lowest BCUT2D eigenvalue weighted by molar-refractivity contribution is -0.141. The molecule has 30 heavy (non-hydrogen) atoms. The molecule has 2 rings (SSSR count). The van der Waals surface area contributed by atoms with Crippen molar-refractivity contribution in [3.8, 4) is 5.75 Å². The predicted octanol–water partition coefficient (Wildman–Crippen LogP) is 4.35. The van der Waals surface area contributed by atoms with Gasteiger partial charge in [0, 0.05) is 25.9 Å². The van der Waals surface area contributed by atoms with Gasteiger partial charge in [-0.25, -0.2) is 0 Å². The molecule has 5 nitrogen and oxygen atoms in total. The molecule has 2 amide bonds. The van der Waals surface area contributed by atoms with Crippen molar-refractivity contribution in [3.05, 3.63) is 65.7 Å². The van der Waals surface area contributed by atoms with E-state index in [0.717, 1.165) is 36.1 Å². The molecule has 0 spiro atoms. The van der Waals surface area contributed by atoms with E-state index in [9.17, 15) is 9.59 Å². The van der Waals surface area contributed by atoms with Crippen molar-refractivity contribution in [1.82, 2.24) is 10.2 Å². The quantitative estimate of drug-likeness (QED) is 0.529. The van der Waals surface area contributed by atoms with Crippen LogP contribution in [0.5, 0.6) is 5.75 Å². The zero-order valence-corrected chi connectivity index (χ0v) is 18.4. The summed E-state index contributed by atoms with van der Waals surface area (Å²) in [5.74, 6) is 0.641. The number of nitrogens with one attached hydrogen (secondary N) is 1. The fourth-order valence-electron chi connectivity index (χ4n) is 3.39. The van der Waals surface area contributed by atoms with Gasteiger partial charge in [0.05, 0.1) is 7.11 Å². The number of ether oxygens (including phenoxy) is 1. The van der Waals surface area contributed by atoms with Gasteiger partial charge in [0.25, 0.3) is 0 Å². The molecule has 1 atom stereocenters. The molecule has 0 fully saturated rings. The second kappa shape index (κ2) is 12.7. The van der Waals surface area contributed by atoms with Crippen LogP contribution in [0.4, 0.5) is 0 Å². The zero-order chi connectivity index (χ0) is 21.8. The molecule has 0 aliphatic heterocycles. The molecule has 0 saturated heterocycles. The van der Waals surface area contributed by atoms with E-state index in [4.69, 9.17) is 4.74 Å². The van der Waals surface area contributed by atoms with Crippen LogP contribution in [0, 0.1) is 0 Å². The molecule has 0 aliphatic rings. The first-order valence-electron chi connectivity index (χ1n) is 10.8. The van der Waals surface area contributed by atoms with Crippen LogP contribution in [0.25, 0.3) is 0 Å². The normalized spacial score (nSPS) is 11.6. The molecular weight excluding hydrogens is 376 g/mol. The standard InChI is InChI=1S/C25H34N2O3/c1-4-6-10-17-26-25(29)23(18-20-11-8-7-9-12-20)27(24(28)5-2)19-21-13-15-22(30-3)16-14-21/h7-9,11-16,23H,4-6,10,17-19H2,1-3H3,(H,26,29)/t23-/m1/s1. The van der Waals surface area contributed by atoms with E-state index in [-0.39, 0.29) is 11.8 Å². The summed E-state index contributed by atoms with van der Waals surface area (Å²) in [5, 5.41) is 3.05. The minimum Gasteiger partial charge on any atom is -0.497 e. The molecule has 1 N–H and O–H groups in total. The Kier molecular flexibility index (Phi) is 9.92. The molecule has 2 aromatic carbocycles. The van der Waals surface area contributed by atoms with Crippen molar-refractivity contribution in [2.45, 2.75) is 58.5 Å². The molecule has 0 bridgehead atoms. The Morgan fingerprint density at radius 2 is 1.67 bits per heavy atom. The topological polar surface area (TPSA) is 58.6 Å².